The van der Waals surface area contributed by atoms with Gasteiger partial charge >= 0.3 is 6.18 Å². The number of halogens is 6. The van der Waals surface area contributed by atoms with Crippen molar-refractivity contribution in [1.29, 1.82) is 0 Å². The molecule has 9 heteroatoms. The Bertz CT molecular complexity index is 775. The lowest BCUT2D eigenvalue weighted by atomic mass is 10.1. The van der Waals surface area contributed by atoms with Crippen LogP contribution < -0.4 is 0 Å². The van der Waals surface area contributed by atoms with Gasteiger partial charge in [-0.25, -0.2) is 23.1 Å². The molecule has 0 radical (unpaired) electrons. The van der Waals surface area contributed by atoms with Crippen molar-refractivity contribution in [2.45, 2.75) is 25.7 Å². The zero-order chi connectivity index (χ0) is 17.5. The molecule has 3 nitrogen and oxygen atoms in total. The van der Waals surface area contributed by atoms with Crippen molar-refractivity contribution < 1.29 is 26.3 Å². The van der Waals surface area contributed by atoms with Crippen molar-refractivity contribution in [3.63, 3.8) is 0 Å². The Hall–Kier alpha value is -2.16. The summed E-state index contributed by atoms with van der Waals surface area (Å²) in [6.07, 6.45) is -3.38. The molecule has 0 atom stereocenters. The summed E-state index contributed by atoms with van der Waals surface area (Å²) in [6, 6.07) is 1.54. The SMILES string of the molecule is Fc1ccc(F)c(CN2CCc3nc(C(F)(F)F)ncc3C2)c1F. The van der Waals surface area contributed by atoms with Crippen LogP contribution >= 0.6 is 0 Å². The van der Waals surface area contributed by atoms with Crippen LogP contribution in [0.2, 0.25) is 0 Å². The monoisotopic (exact) mass is 347 g/mol. The third-order valence-corrected chi connectivity index (χ3v) is 3.79. The lowest BCUT2D eigenvalue weighted by molar-refractivity contribution is -0.145. The van der Waals surface area contributed by atoms with Gasteiger partial charge in [0.2, 0.25) is 5.82 Å². The highest BCUT2D eigenvalue weighted by atomic mass is 19.4. The van der Waals surface area contributed by atoms with E-state index >= 15 is 0 Å². The first-order chi connectivity index (χ1) is 11.3. The van der Waals surface area contributed by atoms with Gasteiger partial charge in [-0.2, -0.15) is 13.2 Å². The quantitative estimate of drug-likeness (QED) is 0.615. The van der Waals surface area contributed by atoms with E-state index in [1.54, 1.807) is 4.90 Å². The van der Waals surface area contributed by atoms with Gasteiger partial charge in [-0.05, 0) is 12.1 Å². The summed E-state index contributed by atoms with van der Waals surface area (Å²) in [5.74, 6) is -4.49. The van der Waals surface area contributed by atoms with Crippen molar-refractivity contribution >= 4 is 0 Å². The Morgan fingerprint density at radius 3 is 2.50 bits per heavy atom. The summed E-state index contributed by atoms with van der Waals surface area (Å²) in [4.78, 5) is 8.38. The van der Waals surface area contributed by atoms with Crippen LogP contribution in [0.4, 0.5) is 26.3 Å². The molecule has 0 spiro atoms. The molecule has 1 aromatic carbocycles. The first-order valence-electron chi connectivity index (χ1n) is 7.02. The molecule has 0 aliphatic carbocycles. The molecule has 1 aliphatic heterocycles. The van der Waals surface area contributed by atoms with Crippen molar-refractivity contribution in [3.8, 4) is 0 Å². The average Bonchev–Trinajstić information content (AvgIpc) is 2.53. The molecule has 0 N–H and O–H groups in total. The molecule has 0 saturated carbocycles. The Kier molecular flexibility index (Phi) is 4.20. The minimum atomic E-state index is -4.63. The molecule has 3 rings (SSSR count). The van der Waals surface area contributed by atoms with Gasteiger partial charge in [0, 0.05) is 43.4 Å². The lowest BCUT2D eigenvalue weighted by Gasteiger charge is -2.28. The summed E-state index contributed by atoms with van der Waals surface area (Å²) >= 11 is 0. The minimum Gasteiger partial charge on any atom is -0.294 e. The van der Waals surface area contributed by atoms with E-state index in [0.717, 1.165) is 12.3 Å². The smallest absolute Gasteiger partial charge is 0.294 e. The third kappa shape index (κ3) is 3.21. The standard InChI is InChI=1S/C15H11F6N3/c16-10-1-2-11(17)13(18)9(10)7-24-4-3-12-8(6-24)5-22-14(23-12)15(19,20)21/h1-2,5H,3-4,6-7H2. The summed E-state index contributed by atoms with van der Waals surface area (Å²) < 4.78 is 78.4. The van der Waals surface area contributed by atoms with E-state index in [4.69, 9.17) is 0 Å². The van der Waals surface area contributed by atoms with E-state index in [9.17, 15) is 26.3 Å². The van der Waals surface area contributed by atoms with E-state index in [1.807, 2.05) is 0 Å². The Morgan fingerprint density at radius 1 is 1.08 bits per heavy atom. The van der Waals surface area contributed by atoms with Gasteiger partial charge in [0.1, 0.15) is 5.82 Å². The largest absolute Gasteiger partial charge is 0.451 e. The maximum atomic E-state index is 13.7. The van der Waals surface area contributed by atoms with E-state index in [-0.39, 0.29) is 31.7 Å². The lowest BCUT2D eigenvalue weighted by Crippen LogP contribution is -2.32. The second kappa shape index (κ2) is 6.04. The zero-order valence-electron chi connectivity index (χ0n) is 12.2. The van der Waals surface area contributed by atoms with E-state index in [0.29, 0.717) is 11.6 Å². The number of rotatable bonds is 2. The Labute approximate surface area is 132 Å². The van der Waals surface area contributed by atoms with Gasteiger partial charge in [0.15, 0.2) is 11.6 Å². The summed E-state index contributed by atoms with van der Waals surface area (Å²) in [5, 5.41) is 0. The van der Waals surface area contributed by atoms with E-state index < -0.39 is 35.0 Å². The highest BCUT2D eigenvalue weighted by Crippen LogP contribution is 2.28. The predicted octanol–water partition coefficient (Wildman–Crippen LogP) is 3.47. The highest BCUT2D eigenvalue weighted by molar-refractivity contribution is 5.24. The normalized spacial score (nSPS) is 15.4. The number of aromatic nitrogens is 2. The number of hydrogen-bond acceptors (Lipinski definition) is 3. The number of nitrogens with zero attached hydrogens (tertiary/aromatic N) is 3. The molecule has 128 valence electrons. The van der Waals surface area contributed by atoms with Crippen molar-refractivity contribution in [2.24, 2.45) is 0 Å². The van der Waals surface area contributed by atoms with Gasteiger partial charge in [-0.3, -0.25) is 4.90 Å². The predicted molar refractivity (Wildman–Crippen MR) is 71.2 cm³/mol. The molecule has 0 unspecified atom stereocenters. The maximum absolute atomic E-state index is 13.7. The fraction of sp³-hybridized carbons (Fsp3) is 0.333. The van der Waals surface area contributed by atoms with Crippen LogP contribution in [0.15, 0.2) is 18.3 Å². The van der Waals surface area contributed by atoms with Crippen LogP contribution in [-0.4, -0.2) is 21.4 Å². The number of fused-ring (bicyclic) bond motifs is 1. The molecule has 1 aromatic heterocycles. The van der Waals surface area contributed by atoms with Gasteiger partial charge in [-0.15, -0.1) is 0 Å². The fourth-order valence-electron chi connectivity index (χ4n) is 2.58. The first kappa shape index (κ1) is 16.7. The molecule has 1 aliphatic rings. The maximum Gasteiger partial charge on any atom is 0.451 e. The summed E-state index contributed by atoms with van der Waals surface area (Å²) in [7, 11) is 0. The van der Waals surface area contributed by atoms with Gasteiger partial charge in [-0.1, -0.05) is 0 Å². The Balaban J connectivity index is 1.80. The summed E-state index contributed by atoms with van der Waals surface area (Å²) in [5.41, 5.74) is 0.298. The van der Waals surface area contributed by atoms with E-state index in [1.165, 1.54) is 0 Å². The Morgan fingerprint density at radius 2 is 1.79 bits per heavy atom. The topological polar surface area (TPSA) is 29.0 Å². The average molecular weight is 347 g/mol. The number of benzene rings is 1. The number of hydrogen-bond donors (Lipinski definition) is 0. The van der Waals surface area contributed by atoms with Gasteiger partial charge in [0.25, 0.3) is 0 Å². The second-order valence-corrected chi connectivity index (χ2v) is 5.45. The molecule has 2 heterocycles. The molecule has 0 fully saturated rings. The molecule has 0 saturated heterocycles. The van der Waals surface area contributed by atoms with Crippen LogP contribution in [0.5, 0.6) is 0 Å². The molecular weight excluding hydrogens is 336 g/mol. The molecule has 24 heavy (non-hydrogen) atoms. The van der Waals surface area contributed by atoms with Crippen molar-refractivity contribution in [3.05, 3.63) is 58.4 Å². The summed E-state index contributed by atoms with van der Waals surface area (Å²) in [6.45, 7) is 0.176. The molecule has 0 amide bonds. The van der Waals surface area contributed by atoms with Crippen LogP contribution in [0, 0.1) is 17.5 Å². The molecular formula is C15H11F6N3. The first-order valence-corrected chi connectivity index (χ1v) is 7.02. The van der Waals surface area contributed by atoms with Crippen LogP contribution in [-0.2, 0) is 25.7 Å². The van der Waals surface area contributed by atoms with Crippen molar-refractivity contribution in [1.82, 2.24) is 14.9 Å². The van der Waals surface area contributed by atoms with Gasteiger partial charge in [0.05, 0.1) is 5.69 Å². The zero-order valence-corrected chi connectivity index (χ0v) is 12.2. The minimum absolute atomic E-state index is 0.128. The van der Waals surface area contributed by atoms with Crippen molar-refractivity contribution in [2.75, 3.05) is 6.54 Å². The fourth-order valence-corrected chi connectivity index (χ4v) is 2.58. The van der Waals surface area contributed by atoms with Crippen LogP contribution in [0.25, 0.3) is 0 Å². The number of alkyl halides is 3. The second-order valence-electron chi connectivity index (χ2n) is 5.45. The van der Waals surface area contributed by atoms with Gasteiger partial charge < -0.3 is 0 Å². The van der Waals surface area contributed by atoms with E-state index in [2.05, 4.69) is 9.97 Å². The highest BCUT2D eigenvalue weighted by Gasteiger charge is 2.35. The molecule has 2 aromatic rings. The third-order valence-electron chi connectivity index (χ3n) is 3.79. The van der Waals surface area contributed by atoms with Crippen LogP contribution in [0.3, 0.4) is 0 Å². The van der Waals surface area contributed by atoms with Crippen LogP contribution in [0.1, 0.15) is 22.6 Å². The molecule has 0 bridgehead atoms.